The fourth-order valence-corrected chi connectivity index (χ4v) is 2.13. The van der Waals surface area contributed by atoms with Crippen molar-refractivity contribution in [3.05, 3.63) is 52.8 Å². The van der Waals surface area contributed by atoms with Gasteiger partial charge in [-0.25, -0.2) is 0 Å². The molecule has 1 heterocycles. The molecule has 0 aliphatic heterocycles. The summed E-state index contributed by atoms with van der Waals surface area (Å²) in [5.74, 6) is 0.125. The lowest BCUT2D eigenvalue weighted by atomic mass is 10.1. The number of hydrogen-bond acceptors (Lipinski definition) is 4. The second kappa shape index (κ2) is 6.21. The summed E-state index contributed by atoms with van der Waals surface area (Å²) < 4.78 is 1.80. The van der Waals surface area contributed by atoms with E-state index in [4.69, 9.17) is 10.9 Å². The quantitative estimate of drug-likeness (QED) is 0.329. The van der Waals surface area contributed by atoms with Gasteiger partial charge in [0.25, 0.3) is 0 Å². The van der Waals surface area contributed by atoms with Gasteiger partial charge in [-0.15, -0.1) is 0 Å². The number of amidine groups is 1. The van der Waals surface area contributed by atoms with Crippen LogP contribution in [0.5, 0.6) is 0 Å². The Hall–Kier alpha value is -2.34. The minimum atomic E-state index is 0.125. The van der Waals surface area contributed by atoms with Gasteiger partial charge in [0.2, 0.25) is 0 Å². The topological polar surface area (TPSA) is 88.5 Å². The van der Waals surface area contributed by atoms with Crippen molar-refractivity contribution in [3.63, 3.8) is 0 Å². The van der Waals surface area contributed by atoms with Crippen LogP contribution >= 0.6 is 0 Å². The van der Waals surface area contributed by atoms with E-state index in [0.29, 0.717) is 6.54 Å². The third-order valence-electron chi connectivity index (χ3n) is 3.15. The predicted octanol–water partition coefficient (Wildman–Crippen LogP) is 1.11. The number of aromatic nitrogens is 2. The first-order valence-corrected chi connectivity index (χ1v) is 6.37. The van der Waals surface area contributed by atoms with Gasteiger partial charge in [-0.3, -0.25) is 4.68 Å². The van der Waals surface area contributed by atoms with Crippen molar-refractivity contribution < 1.29 is 5.21 Å². The highest BCUT2D eigenvalue weighted by molar-refractivity contribution is 5.98. The Kier molecular flexibility index (Phi) is 4.37. The second-order valence-corrected chi connectivity index (χ2v) is 4.66. The number of nitrogens with one attached hydrogen (secondary N) is 1. The Labute approximate surface area is 117 Å². The van der Waals surface area contributed by atoms with Crippen LogP contribution in [0.15, 0.2) is 35.6 Å². The molecule has 2 aromatic rings. The van der Waals surface area contributed by atoms with E-state index >= 15 is 0 Å². The number of nitrogens with zero attached hydrogens (tertiary/aromatic N) is 3. The number of hydrogen-bond donors (Lipinski definition) is 3. The maximum absolute atomic E-state index is 8.79. The molecule has 0 amide bonds. The average molecular weight is 273 g/mol. The number of benzene rings is 1. The Balaban J connectivity index is 2.03. The van der Waals surface area contributed by atoms with E-state index in [-0.39, 0.29) is 5.84 Å². The minimum Gasteiger partial charge on any atom is -0.409 e. The molecule has 0 aliphatic rings. The van der Waals surface area contributed by atoms with Crippen molar-refractivity contribution in [2.24, 2.45) is 17.9 Å². The van der Waals surface area contributed by atoms with E-state index in [1.54, 1.807) is 4.68 Å². The van der Waals surface area contributed by atoms with Crippen molar-refractivity contribution >= 4 is 5.84 Å². The highest BCUT2D eigenvalue weighted by Crippen LogP contribution is 2.09. The lowest BCUT2D eigenvalue weighted by molar-refractivity contribution is 0.318. The van der Waals surface area contributed by atoms with Gasteiger partial charge in [-0.2, -0.15) is 5.10 Å². The molecule has 1 aromatic carbocycles. The van der Waals surface area contributed by atoms with Gasteiger partial charge in [0.15, 0.2) is 5.84 Å². The molecule has 0 radical (unpaired) electrons. The Morgan fingerprint density at radius 3 is 2.70 bits per heavy atom. The van der Waals surface area contributed by atoms with Gasteiger partial charge in [-0.1, -0.05) is 29.4 Å². The summed E-state index contributed by atoms with van der Waals surface area (Å²) in [7, 11) is 1.91. The highest BCUT2D eigenvalue weighted by atomic mass is 16.4. The molecule has 0 aliphatic carbocycles. The molecule has 0 saturated heterocycles. The molecule has 106 valence electrons. The summed E-state index contributed by atoms with van der Waals surface area (Å²) >= 11 is 0. The van der Waals surface area contributed by atoms with Crippen molar-refractivity contribution in [1.29, 1.82) is 0 Å². The number of aryl methyl sites for hydroxylation is 2. The van der Waals surface area contributed by atoms with Gasteiger partial charge in [0.05, 0.1) is 5.69 Å². The number of nitrogens with two attached hydrogens (primary N) is 1. The molecule has 4 N–H and O–H groups in total. The summed E-state index contributed by atoms with van der Waals surface area (Å²) in [6.07, 6.45) is 2.00. The molecule has 0 saturated carbocycles. The lowest BCUT2D eigenvalue weighted by Crippen LogP contribution is -2.19. The summed E-state index contributed by atoms with van der Waals surface area (Å²) in [5.41, 5.74) is 9.57. The Morgan fingerprint density at radius 2 is 2.05 bits per heavy atom. The normalized spacial score (nSPS) is 11.8. The zero-order valence-corrected chi connectivity index (χ0v) is 11.7. The first-order chi connectivity index (χ1) is 9.61. The maximum Gasteiger partial charge on any atom is 0.170 e. The van der Waals surface area contributed by atoms with E-state index in [1.165, 1.54) is 0 Å². The van der Waals surface area contributed by atoms with Gasteiger partial charge >= 0.3 is 0 Å². The van der Waals surface area contributed by atoms with Crippen LogP contribution in [0, 0.1) is 6.92 Å². The predicted molar refractivity (Wildman–Crippen MR) is 77.4 cm³/mol. The minimum absolute atomic E-state index is 0.125. The highest BCUT2D eigenvalue weighted by Gasteiger charge is 2.07. The molecule has 6 heteroatoms. The summed E-state index contributed by atoms with van der Waals surface area (Å²) in [4.78, 5) is 0. The maximum atomic E-state index is 8.79. The monoisotopic (exact) mass is 273 g/mol. The second-order valence-electron chi connectivity index (χ2n) is 4.66. The summed E-state index contributed by atoms with van der Waals surface area (Å²) in [6, 6.07) is 7.58. The van der Waals surface area contributed by atoms with Gasteiger partial charge in [0, 0.05) is 37.5 Å². The zero-order chi connectivity index (χ0) is 14.5. The van der Waals surface area contributed by atoms with Gasteiger partial charge < -0.3 is 16.3 Å². The largest absolute Gasteiger partial charge is 0.409 e. The van der Waals surface area contributed by atoms with Gasteiger partial charge in [-0.05, 0) is 12.5 Å². The van der Waals surface area contributed by atoms with E-state index in [9.17, 15) is 0 Å². The molecule has 0 spiro atoms. The number of rotatable bonds is 5. The van der Waals surface area contributed by atoms with E-state index in [1.807, 2.05) is 44.4 Å². The fourth-order valence-electron chi connectivity index (χ4n) is 2.13. The van der Waals surface area contributed by atoms with Crippen LogP contribution in [0.1, 0.15) is 22.4 Å². The fraction of sp³-hybridized carbons (Fsp3) is 0.286. The smallest absolute Gasteiger partial charge is 0.170 e. The van der Waals surface area contributed by atoms with Crippen LogP contribution in [-0.2, 0) is 20.1 Å². The molecule has 0 atom stereocenters. The molecule has 1 aromatic heterocycles. The molecule has 20 heavy (non-hydrogen) atoms. The van der Waals surface area contributed by atoms with E-state index in [2.05, 4.69) is 15.6 Å². The molecule has 0 bridgehead atoms. The van der Waals surface area contributed by atoms with Gasteiger partial charge in [0.1, 0.15) is 0 Å². The molecule has 0 unspecified atom stereocenters. The third-order valence-corrected chi connectivity index (χ3v) is 3.15. The van der Waals surface area contributed by atoms with Crippen LogP contribution in [0.4, 0.5) is 0 Å². The summed E-state index contributed by atoms with van der Waals surface area (Å²) in [5, 5.41) is 19.5. The molecular weight excluding hydrogens is 254 g/mol. The van der Waals surface area contributed by atoms with Crippen LogP contribution in [0.25, 0.3) is 0 Å². The molecule has 0 fully saturated rings. The number of oxime groups is 1. The first kappa shape index (κ1) is 14.1. The molecule has 6 nitrogen and oxygen atoms in total. The molecule has 2 rings (SSSR count). The van der Waals surface area contributed by atoms with Crippen LogP contribution in [-0.4, -0.2) is 20.8 Å². The van der Waals surface area contributed by atoms with E-state index < -0.39 is 0 Å². The Bertz CT molecular complexity index is 618. The van der Waals surface area contributed by atoms with Crippen LogP contribution < -0.4 is 11.1 Å². The first-order valence-electron chi connectivity index (χ1n) is 6.37. The van der Waals surface area contributed by atoms with Crippen molar-refractivity contribution in [3.8, 4) is 0 Å². The van der Waals surface area contributed by atoms with E-state index in [0.717, 1.165) is 28.9 Å². The zero-order valence-electron chi connectivity index (χ0n) is 11.7. The van der Waals surface area contributed by atoms with Crippen molar-refractivity contribution in [1.82, 2.24) is 15.1 Å². The third kappa shape index (κ3) is 3.16. The molecular formula is C14H19N5O. The standard InChI is InChI=1S/C14H19N5O/c1-10-12(9-19(2)17-10)8-16-7-11-5-3-4-6-13(11)14(15)18-20/h3-6,9,16,20H,7-8H2,1-2H3,(H2,15,18). The van der Waals surface area contributed by atoms with Crippen LogP contribution in [0.3, 0.4) is 0 Å². The Morgan fingerprint density at radius 1 is 1.35 bits per heavy atom. The van der Waals surface area contributed by atoms with Crippen molar-refractivity contribution in [2.75, 3.05) is 0 Å². The van der Waals surface area contributed by atoms with Crippen LogP contribution in [0.2, 0.25) is 0 Å². The average Bonchev–Trinajstić information content (AvgIpc) is 2.77. The summed E-state index contributed by atoms with van der Waals surface area (Å²) in [6.45, 7) is 3.35. The SMILES string of the molecule is Cc1nn(C)cc1CNCc1ccccc1/C(N)=N/O. The van der Waals surface area contributed by atoms with Crippen molar-refractivity contribution in [2.45, 2.75) is 20.0 Å². The lowest BCUT2D eigenvalue weighted by Gasteiger charge is -2.09.